The minimum Gasteiger partial charge on any atom is -0.369 e. The average Bonchev–Trinajstić information content (AvgIpc) is 2.34. The molecule has 0 radical (unpaired) electrons. The maximum atomic E-state index is 11.9. The lowest BCUT2D eigenvalue weighted by Gasteiger charge is -2.23. The van der Waals surface area contributed by atoms with Gasteiger partial charge in [0.1, 0.15) is 0 Å². The Morgan fingerprint density at radius 3 is 2.24 bits per heavy atom. The monoisotopic (exact) mass is 333 g/mol. The fraction of sp³-hybridized carbons (Fsp3) is 0.545. The van der Waals surface area contributed by atoms with Crippen LogP contribution in [0, 0.1) is 0 Å². The molecule has 0 aliphatic heterocycles. The van der Waals surface area contributed by atoms with Gasteiger partial charge >= 0.3 is 0 Å². The van der Waals surface area contributed by atoms with Gasteiger partial charge in [-0.3, -0.25) is 4.79 Å². The average molecular weight is 333 g/mol. The van der Waals surface area contributed by atoms with Gasteiger partial charge in [0.15, 0.2) is 14.9 Å². The van der Waals surface area contributed by atoms with Crippen molar-refractivity contribution in [3.63, 3.8) is 0 Å². The summed E-state index contributed by atoms with van der Waals surface area (Å²) in [6, 6.07) is 0. The van der Waals surface area contributed by atoms with Crippen molar-refractivity contribution >= 4 is 25.6 Å². The van der Waals surface area contributed by atoms with E-state index in [0.29, 0.717) is 24.8 Å². The summed E-state index contributed by atoms with van der Waals surface area (Å²) in [5.41, 5.74) is 5.71. The zero-order valence-electron chi connectivity index (χ0n) is 11.5. The topological polar surface area (TPSA) is 137 Å². The van der Waals surface area contributed by atoms with E-state index in [9.17, 15) is 21.6 Å². The van der Waals surface area contributed by atoms with Crippen molar-refractivity contribution in [1.82, 2.24) is 9.97 Å². The van der Waals surface area contributed by atoms with Crippen LogP contribution in [0.5, 0.6) is 0 Å². The van der Waals surface area contributed by atoms with E-state index in [4.69, 9.17) is 5.73 Å². The Bertz CT molecular complexity index is 815. The van der Waals surface area contributed by atoms with Gasteiger partial charge in [0.05, 0.1) is 11.6 Å². The molecular formula is C11H15N3O5S2. The summed E-state index contributed by atoms with van der Waals surface area (Å²) < 4.78 is 47.0. The van der Waals surface area contributed by atoms with Gasteiger partial charge in [-0.05, 0) is 19.3 Å². The van der Waals surface area contributed by atoms with Crippen molar-refractivity contribution in [2.24, 2.45) is 5.73 Å². The molecule has 1 unspecified atom stereocenters. The van der Waals surface area contributed by atoms with Gasteiger partial charge in [0.2, 0.25) is 20.9 Å². The smallest absolute Gasteiger partial charge is 0.248 e. The summed E-state index contributed by atoms with van der Waals surface area (Å²) in [5.74, 6) is -1.45. The van der Waals surface area contributed by atoms with Crippen LogP contribution >= 0.6 is 0 Å². The van der Waals surface area contributed by atoms with Gasteiger partial charge in [-0.2, -0.15) is 0 Å². The highest BCUT2D eigenvalue weighted by atomic mass is 32.2. The lowest BCUT2D eigenvalue weighted by molar-refractivity contribution is -0.119. The van der Waals surface area contributed by atoms with Crippen molar-refractivity contribution in [2.45, 2.75) is 35.4 Å². The van der Waals surface area contributed by atoms with Crippen molar-refractivity contribution in [1.29, 1.82) is 0 Å². The maximum absolute atomic E-state index is 11.9. The molecule has 10 heteroatoms. The van der Waals surface area contributed by atoms with Crippen molar-refractivity contribution in [3.05, 3.63) is 11.3 Å². The van der Waals surface area contributed by atoms with Crippen LogP contribution in [0.15, 0.2) is 10.2 Å². The number of nitrogens with zero attached hydrogens (tertiary/aromatic N) is 2. The Kier molecular flexibility index (Phi) is 3.79. The van der Waals surface area contributed by atoms with E-state index in [1.54, 1.807) is 0 Å². The normalized spacial score (nSPS) is 19.0. The van der Waals surface area contributed by atoms with Crippen molar-refractivity contribution in [3.8, 4) is 0 Å². The second-order valence-electron chi connectivity index (χ2n) is 5.07. The number of sulfone groups is 2. The van der Waals surface area contributed by atoms with Crippen LogP contribution in [0.3, 0.4) is 0 Å². The summed E-state index contributed by atoms with van der Waals surface area (Å²) in [6.45, 7) is 0. The van der Waals surface area contributed by atoms with Gasteiger partial charge in [-0.25, -0.2) is 26.8 Å². The Hall–Kier alpha value is -1.55. The van der Waals surface area contributed by atoms with Crippen molar-refractivity contribution in [2.75, 3.05) is 12.5 Å². The van der Waals surface area contributed by atoms with E-state index in [0.717, 1.165) is 12.5 Å². The van der Waals surface area contributed by atoms with Gasteiger partial charge in [0, 0.05) is 18.1 Å². The van der Waals surface area contributed by atoms with E-state index in [1.165, 1.54) is 0 Å². The second kappa shape index (κ2) is 5.02. The molecule has 116 valence electrons. The fourth-order valence-electron chi connectivity index (χ4n) is 2.35. The minimum absolute atomic E-state index is 0.115. The standard InChI is InChI=1S/C11H15N3O5S2/c1-20(16,17)10-7-5-3-4-6(9(12)15)8(7)13-11(14-10)21(2,18)19/h6H,3-5H2,1-2H3,(H2,12,15). The van der Waals surface area contributed by atoms with Gasteiger partial charge < -0.3 is 5.73 Å². The molecular weight excluding hydrogens is 318 g/mol. The molecule has 1 aliphatic rings. The molecule has 0 aromatic carbocycles. The lowest BCUT2D eigenvalue weighted by atomic mass is 9.87. The van der Waals surface area contributed by atoms with Crippen LogP contribution in [-0.4, -0.2) is 45.2 Å². The zero-order chi connectivity index (χ0) is 16.0. The molecule has 1 aliphatic carbocycles. The third kappa shape index (κ3) is 3.05. The fourth-order valence-corrected chi connectivity index (χ4v) is 3.84. The predicted molar refractivity (Wildman–Crippen MR) is 73.1 cm³/mol. The first-order chi connectivity index (χ1) is 9.51. The third-order valence-corrected chi connectivity index (χ3v) is 5.14. The van der Waals surface area contributed by atoms with Crippen LogP contribution in [0.2, 0.25) is 0 Å². The number of hydrogen-bond acceptors (Lipinski definition) is 7. The molecule has 1 aromatic rings. The van der Waals surface area contributed by atoms with E-state index in [2.05, 4.69) is 9.97 Å². The molecule has 0 spiro atoms. The van der Waals surface area contributed by atoms with Crippen molar-refractivity contribution < 1.29 is 21.6 Å². The van der Waals surface area contributed by atoms with Gasteiger partial charge in [-0.15, -0.1) is 0 Å². The number of carbonyl (C=O) groups excluding carboxylic acids is 1. The van der Waals surface area contributed by atoms with Crippen LogP contribution in [0.25, 0.3) is 0 Å². The van der Waals surface area contributed by atoms with Crippen LogP contribution < -0.4 is 5.73 Å². The second-order valence-corrected chi connectivity index (χ2v) is 8.91. The highest BCUT2D eigenvalue weighted by Crippen LogP contribution is 2.33. The number of rotatable bonds is 3. The van der Waals surface area contributed by atoms with E-state index >= 15 is 0 Å². The Morgan fingerprint density at radius 1 is 1.14 bits per heavy atom. The predicted octanol–water partition coefficient (Wildman–Crippen LogP) is -0.811. The number of fused-ring (bicyclic) bond motifs is 1. The van der Waals surface area contributed by atoms with E-state index < -0.39 is 36.7 Å². The third-order valence-electron chi connectivity index (χ3n) is 3.26. The molecule has 0 saturated heterocycles. The summed E-state index contributed by atoms with van der Waals surface area (Å²) >= 11 is 0. The SMILES string of the molecule is CS(=O)(=O)c1nc2c(c(S(C)(=O)=O)n1)CCCC2C(N)=O. The number of hydrogen-bond donors (Lipinski definition) is 1. The molecule has 1 heterocycles. The molecule has 0 bridgehead atoms. The Balaban J connectivity index is 2.86. The molecule has 1 amide bonds. The quantitative estimate of drug-likeness (QED) is 0.564. The van der Waals surface area contributed by atoms with Gasteiger partial charge in [-0.1, -0.05) is 0 Å². The molecule has 0 fully saturated rings. The summed E-state index contributed by atoms with van der Waals surface area (Å²) in [7, 11) is -7.55. The largest absolute Gasteiger partial charge is 0.369 e. The van der Waals surface area contributed by atoms with Crippen LogP contribution in [-0.2, 0) is 30.9 Å². The molecule has 1 aromatic heterocycles. The van der Waals surface area contributed by atoms with Crippen LogP contribution in [0.4, 0.5) is 0 Å². The molecule has 2 rings (SSSR count). The van der Waals surface area contributed by atoms with Gasteiger partial charge in [0.25, 0.3) is 0 Å². The highest BCUT2D eigenvalue weighted by Gasteiger charge is 2.33. The first kappa shape index (κ1) is 15.8. The maximum Gasteiger partial charge on any atom is 0.248 e. The van der Waals surface area contributed by atoms with E-state index in [1.807, 2.05) is 0 Å². The first-order valence-electron chi connectivity index (χ1n) is 6.12. The molecule has 2 N–H and O–H groups in total. The Labute approximate surface area is 122 Å². The molecule has 1 atom stereocenters. The summed E-state index contributed by atoms with van der Waals surface area (Å²) in [5, 5.41) is -0.936. The van der Waals surface area contributed by atoms with Crippen LogP contribution in [0.1, 0.15) is 30.0 Å². The molecule has 8 nitrogen and oxygen atoms in total. The number of carbonyl (C=O) groups is 1. The number of nitrogens with two attached hydrogens (primary N) is 1. The highest BCUT2D eigenvalue weighted by molar-refractivity contribution is 7.91. The first-order valence-corrected chi connectivity index (χ1v) is 9.90. The molecule has 0 saturated carbocycles. The summed E-state index contributed by atoms with van der Waals surface area (Å²) in [6.07, 6.45) is 3.15. The Morgan fingerprint density at radius 2 is 1.76 bits per heavy atom. The zero-order valence-corrected chi connectivity index (χ0v) is 13.2. The molecule has 21 heavy (non-hydrogen) atoms. The minimum atomic E-state index is -3.81. The summed E-state index contributed by atoms with van der Waals surface area (Å²) in [4.78, 5) is 19.1. The lowest BCUT2D eigenvalue weighted by Crippen LogP contribution is -2.28. The number of primary amides is 1. The van der Waals surface area contributed by atoms with E-state index in [-0.39, 0.29) is 10.7 Å². The number of aromatic nitrogens is 2. The number of amides is 1.